The van der Waals surface area contributed by atoms with Crippen molar-refractivity contribution >= 4 is 16.9 Å². The molecule has 2 N–H and O–H groups in total. The number of rotatable bonds is 3. The van der Waals surface area contributed by atoms with Crippen LogP contribution >= 0.6 is 0 Å². The van der Waals surface area contributed by atoms with Crippen molar-refractivity contribution in [1.82, 2.24) is 25.1 Å². The smallest absolute Gasteiger partial charge is 0.266 e. The van der Waals surface area contributed by atoms with E-state index in [2.05, 4.69) is 20.4 Å². The van der Waals surface area contributed by atoms with Crippen LogP contribution in [0.25, 0.3) is 11.0 Å². The van der Waals surface area contributed by atoms with Crippen LogP contribution in [0, 0.1) is 5.92 Å². The molecule has 2 heterocycles. The molecule has 1 aromatic carbocycles. The Bertz CT molecular complexity index is 971. The minimum absolute atomic E-state index is 0.00761. The number of hydrogen-bond acceptors (Lipinski definition) is 4. The molecule has 0 aliphatic heterocycles. The number of hydrogen-bond donors (Lipinski definition) is 2. The van der Waals surface area contributed by atoms with Gasteiger partial charge in [-0.2, -0.15) is 5.10 Å². The second kappa shape index (κ2) is 6.16. The predicted molar refractivity (Wildman–Crippen MR) is 92.9 cm³/mol. The summed E-state index contributed by atoms with van der Waals surface area (Å²) in [5, 5.41) is 7.23. The summed E-state index contributed by atoms with van der Waals surface area (Å²) in [5.41, 5.74) is 3.52. The van der Waals surface area contributed by atoms with Crippen molar-refractivity contribution in [3.05, 3.63) is 57.8 Å². The van der Waals surface area contributed by atoms with Gasteiger partial charge in [-0.3, -0.25) is 9.59 Å². The van der Waals surface area contributed by atoms with E-state index in [4.69, 9.17) is 0 Å². The van der Waals surface area contributed by atoms with E-state index in [1.807, 2.05) is 24.3 Å². The normalized spacial score (nSPS) is 16.6. The molecule has 7 nitrogen and oxygen atoms in total. The highest BCUT2D eigenvalue weighted by Crippen LogP contribution is 2.23. The molecule has 1 aliphatic rings. The summed E-state index contributed by atoms with van der Waals surface area (Å²) in [7, 11) is 1.65. The summed E-state index contributed by atoms with van der Waals surface area (Å²) in [6.45, 7) is 0.367. The Morgan fingerprint density at radius 3 is 3.08 bits per heavy atom. The Hall–Kier alpha value is -2.96. The van der Waals surface area contributed by atoms with Gasteiger partial charge in [-0.15, -0.1) is 0 Å². The molecule has 0 unspecified atom stereocenters. The highest BCUT2D eigenvalue weighted by atomic mass is 16.2. The molecule has 0 fully saturated rings. The number of aromatic nitrogens is 4. The first-order chi connectivity index (χ1) is 12.1. The van der Waals surface area contributed by atoms with Gasteiger partial charge in [0.15, 0.2) is 0 Å². The first kappa shape index (κ1) is 15.6. The maximum atomic E-state index is 12.5. The first-order valence-electron chi connectivity index (χ1n) is 8.37. The van der Waals surface area contributed by atoms with Crippen molar-refractivity contribution in [2.45, 2.75) is 25.8 Å². The third kappa shape index (κ3) is 3.05. The molecule has 25 heavy (non-hydrogen) atoms. The summed E-state index contributed by atoms with van der Waals surface area (Å²) < 4.78 is 1.35. The van der Waals surface area contributed by atoms with Crippen LogP contribution in [0.3, 0.4) is 0 Å². The van der Waals surface area contributed by atoms with Crippen molar-refractivity contribution in [2.75, 3.05) is 0 Å². The standard InChI is InChI=1S/C18H19N5O2/c1-23-17(24)9-12-8-11(6-7-13(12)22-23)18(25)19-10-16-20-14-4-2-3-5-15(14)21-16/h2-5,9,11H,6-8,10H2,1H3,(H,19,25)(H,20,21)/t11-/m0/s1. The number of carbonyl (C=O) groups is 1. The highest BCUT2D eigenvalue weighted by Gasteiger charge is 2.26. The fourth-order valence-electron chi connectivity index (χ4n) is 3.31. The molecule has 0 saturated heterocycles. The van der Waals surface area contributed by atoms with E-state index in [9.17, 15) is 9.59 Å². The zero-order chi connectivity index (χ0) is 17.4. The van der Waals surface area contributed by atoms with Crippen molar-refractivity contribution in [1.29, 1.82) is 0 Å². The summed E-state index contributed by atoms with van der Waals surface area (Å²) in [6.07, 6.45) is 2.01. The Labute approximate surface area is 144 Å². The van der Waals surface area contributed by atoms with E-state index >= 15 is 0 Å². The Morgan fingerprint density at radius 1 is 1.40 bits per heavy atom. The average Bonchev–Trinajstić information content (AvgIpc) is 3.03. The van der Waals surface area contributed by atoms with Gasteiger partial charge in [-0.25, -0.2) is 9.67 Å². The zero-order valence-corrected chi connectivity index (χ0v) is 14.0. The summed E-state index contributed by atoms with van der Waals surface area (Å²) in [5.74, 6) is 0.596. The maximum Gasteiger partial charge on any atom is 0.266 e. The Morgan fingerprint density at radius 2 is 2.24 bits per heavy atom. The topological polar surface area (TPSA) is 92.7 Å². The lowest BCUT2D eigenvalue weighted by molar-refractivity contribution is -0.125. The lowest BCUT2D eigenvalue weighted by Gasteiger charge is -2.23. The quantitative estimate of drug-likeness (QED) is 0.748. The minimum atomic E-state index is -0.137. The molecular weight excluding hydrogens is 318 g/mol. The number of aryl methyl sites for hydroxylation is 2. The number of H-pyrrole nitrogens is 1. The summed E-state index contributed by atoms with van der Waals surface area (Å²) in [6, 6.07) is 9.37. The van der Waals surface area contributed by atoms with Crippen molar-refractivity contribution in [3.8, 4) is 0 Å². The third-order valence-electron chi connectivity index (χ3n) is 4.69. The van der Waals surface area contributed by atoms with Crippen LogP contribution in [0.15, 0.2) is 35.1 Å². The van der Waals surface area contributed by atoms with Gasteiger partial charge >= 0.3 is 0 Å². The number of amides is 1. The first-order valence-corrected chi connectivity index (χ1v) is 8.37. The molecule has 3 aromatic rings. The third-order valence-corrected chi connectivity index (χ3v) is 4.69. The van der Waals surface area contributed by atoms with Crippen molar-refractivity contribution in [2.24, 2.45) is 13.0 Å². The molecule has 1 amide bonds. The lowest BCUT2D eigenvalue weighted by atomic mass is 9.86. The number of nitrogens with one attached hydrogen (secondary N) is 2. The van der Waals surface area contributed by atoms with Gasteiger partial charge in [-0.05, 0) is 37.0 Å². The number of fused-ring (bicyclic) bond motifs is 2. The van der Waals surface area contributed by atoms with Gasteiger partial charge in [0.25, 0.3) is 5.56 Å². The van der Waals surface area contributed by atoms with Crippen LogP contribution in [-0.2, 0) is 31.2 Å². The van der Waals surface area contributed by atoms with Gasteiger partial charge in [0.2, 0.25) is 5.91 Å². The van der Waals surface area contributed by atoms with E-state index in [0.29, 0.717) is 19.4 Å². The van der Waals surface area contributed by atoms with E-state index in [1.54, 1.807) is 13.1 Å². The highest BCUT2D eigenvalue weighted by molar-refractivity contribution is 5.79. The molecular formula is C18H19N5O2. The number of para-hydroxylation sites is 2. The SMILES string of the molecule is Cn1nc2c(cc1=O)C[C@@H](C(=O)NCc1nc3ccccc3[nH]1)CC2. The molecule has 7 heteroatoms. The molecule has 1 aliphatic carbocycles. The van der Waals surface area contributed by atoms with Crippen LogP contribution in [0.4, 0.5) is 0 Å². The van der Waals surface area contributed by atoms with Crippen LogP contribution in [0.2, 0.25) is 0 Å². The number of benzene rings is 1. The van der Waals surface area contributed by atoms with Crippen LogP contribution < -0.4 is 10.9 Å². The van der Waals surface area contributed by atoms with Crippen LogP contribution in [0.5, 0.6) is 0 Å². The van der Waals surface area contributed by atoms with Gasteiger partial charge in [0.05, 0.1) is 23.3 Å². The monoisotopic (exact) mass is 337 g/mol. The summed E-state index contributed by atoms with van der Waals surface area (Å²) in [4.78, 5) is 31.9. The second-order valence-corrected chi connectivity index (χ2v) is 6.44. The molecule has 0 spiro atoms. The number of aromatic amines is 1. The van der Waals surface area contributed by atoms with E-state index in [-0.39, 0.29) is 17.4 Å². The van der Waals surface area contributed by atoms with Crippen LogP contribution in [0.1, 0.15) is 23.5 Å². The molecule has 4 rings (SSSR count). The van der Waals surface area contributed by atoms with Gasteiger partial charge in [0, 0.05) is 19.0 Å². The largest absolute Gasteiger partial charge is 0.349 e. The van der Waals surface area contributed by atoms with Gasteiger partial charge < -0.3 is 10.3 Å². The molecule has 1 atom stereocenters. The average molecular weight is 337 g/mol. The van der Waals surface area contributed by atoms with Crippen molar-refractivity contribution in [3.63, 3.8) is 0 Å². The predicted octanol–water partition coefficient (Wildman–Crippen LogP) is 1.08. The lowest BCUT2D eigenvalue weighted by Crippen LogP contribution is -2.35. The fraction of sp³-hybridized carbons (Fsp3) is 0.333. The Kier molecular flexibility index (Phi) is 3.83. The Balaban J connectivity index is 1.43. The molecule has 0 saturated carbocycles. The van der Waals surface area contributed by atoms with Gasteiger partial charge in [-0.1, -0.05) is 12.1 Å². The van der Waals surface area contributed by atoms with E-state index in [1.165, 1.54) is 4.68 Å². The second-order valence-electron chi connectivity index (χ2n) is 6.44. The molecule has 128 valence electrons. The maximum absolute atomic E-state index is 12.5. The summed E-state index contributed by atoms with van der Waals surface area (Å²) >= 11 is 0. The van der Waals surface area contributed by atoms with Crippen molar-refractivity contribution < 1.29 is 4.79 Å². The molecule has 2 aromatic heterocycles. The van der Waals surface area contributed by atoms with E-state index < -0.39 is 0 Å². The van der Waals surface area contributed by atoms with Crippen LogP contribution in [-0.4, -0.2) is 25.7 Å². The number of imidazole rings is 1. The zero-order valence-electron chi connectivity index (χ0n) is 14.0. The molecule has 0 bridgehead atoms. The molecule has 0 radical (unpaired) electrons. The number of carbonyl (C=O) groups excluding carboxylic acids is 1. The van der Waals surface area contributed by atoms with E-state index in [0.717, 1.165) is 34.5 Å². The number of nitrogens with zero attached hydrogens (tertiary/aromatic N) is 3. The fourth-order valence-corrected chi connectivity index (χ4v) is 3.31. The minimum Gasteiger partial charge on any atom is -0.349 e. The van der Waals surface area contributed by atoms with Gasteiger partial charge in [0.1, 0.15) is 5.82 Å².